The highest BCUT2D eigenvalue weighted by Gasteiger charge is 2.23. The molecule has 0 aliphatic carbocycles. The molecule has 1 aromatic carbocycles. The van der Waals surface area contributed by atoms with Gasteiger partial charge in [0.2, 0.25) is 0 Å². The molecule has 0 saturated carbocycles. The van der Waals surface area contributed by atoms with Crippen LogP contribution in [0.1, 0.15) is 18.4 Å². The fourth-order valence-electron chi connectivity index (χ4n) is 1.98. The Labute approximate surface area is 85.1 Å². The van der Waals surface area contributed by atoms with E-state index in [4.69, 9.17) is 10.5 Å². The summed E-state index contributed by atoms with van der Waals surface area (Å²) in [5, 5.41) is 0. The molecule has 0 spiro atoms. The summed E-state index contributed by atoms with van der Waals surface area (Å²) in [6, 6.07) is 10.5. The molecule has 1 saturated heterocycles. The lowest BCUT2D eigenvalue weighted by Gasteiger charge is -2.11. The van der Waals surface area contributed by atoms with E-state index in [0.717, 1.165) is 19.3 Å². The Balaban J connectivity index is 1.88. The van der Waals surface area contributed by atoms with Gasteiger partial charge in [-0.1, -0.05) is 30.3 Å². The topological polar surface area (TPSA) is 35.2 Å². The number of nitrogens with two attached hydrogens (primary N) is 1. The van der Waals surface area contributed by atoms with Crippen molar-refractivity contribution in [3.05, 3.63) is 35.9 Å². The molecular weight excluding hydrogens is 174 g/mol. The van der Waals surface area contributed by atoms with Crippen molar-refractivity contribution >= 4 is 0 Å². The largest absolute Gasteiger partial charge is 0.373 e. The zero-order valence-electron chi connectivity index (χ0n) is 8.36. The highest BCUT2D eigenvalue weighted by molar-refractivity contribution is 5.15. The van der Waals surface area contributed by atoms with Crippen molar-refractivity contribution in [2.75, 3.05) is 6.54 Å². The summed E-state index contributed by atoms with van der Waals surface area (Å²) in [4.78, 5) is 0. The molecule has 1 aromatic rings. The first kappa shape index (κ1) is 9.69. The lowest BCUT2D eigenvalue weighted by atomic mass is 10.1. The molecule has 2 heteroatoms. The van der Waals surface area contributed by atoms with E-state index >= 15 is 0 Å². The number of benzene rings is 1. The van der Waals surface area contributed by atoms with Crippen LogP contribution in [0.25, 0.3) is 0 Å². The summed E-state index contributed by atoms with van der Waals surface area (Å²) >= 11 is 0. The van der Waals surface area contributed by atoms with E-state index in [1.807, 2.05) is 6.07 Å². The first-order valence-corrected chi connectivity index (χ1v) is 5.28. The maximum absolute atomic E-state index is 5.79. The van der Waals surface area contributed by atoms with Gasteiger partial charge < -0.3 is 10.5 Å². The fraction of sp³-hybridized carbons (Fsp3) is 0.500. The van der Waals surface area contributed by atoms with E-state index in [-0.39, 0.29) is 0 Å². The Morgan fingerprint density at radius 2 is 1.86 bits per heavy atom. The Kier molecular flexibility index (Phi) is 3.17. The molecule has 2 atom stereocenters. The standard InChI is InChI=1S/C12H17NO/c13-9-12-7-6-11(14-12)8-10-4-2-1-3-5-10/h1-5,11-12H,6-9,13H2/t11-,12+/m1/s1. The summed E-state index contributed by atoms with van der Waals surface area (Å²) < 4.78 is 5.79. The Morgan fingerprint density at radius 3 is 2.50 bits per heavy atom. The van der Waals surface area contributed by atoms with Crippen LogP contribution in [0, 0.1) is 0 Å². The van der Waals surface area contributed by atoms with Crippen LogP contribution >= 0.6 is 0 Å². The van der Waals surface area contributed by atoms with Gasteiger partial charge >= 0.3 is 0 Å². The molecule has 0 amide bonds. The second-order valence-electron chi connectivity index (χ2n) is 3.88. The minimum Gasteiger partial charge on any atom is -0.373 e. The molecule has 1 heterocycles. The molecule has 76 valence electrons. The number of hydrogen-bond donors (Lipinski definition) is 1. The van der Waals surface area contributed by atoms with Gasteiger partial charge in [0.05, 0.1) is 12.2 Å². The van der Waals surface area contributed by atoms with E-state index in [9.17, 15) is 0 Å². The first-order chi connectivity index (χ1) is 6.88. The average Bonchev–Trinajstić information content (AvgIpc) is 2.67. The van der Waals surface area contributed by atoms with Gasteiger partial charge in [0, 0.05) is 6.54 Å². The average molecular weight is 191 g/mol. The van der Waals surface area contributed by atoms with Gasteiger partial charge in [0.1, 0.15) is 0 Å². The molecule has 0 aromatic heterocycles. The summed E-state index contributed by atoms with van der Waals surface area (Å²) in [6.07, 6.45) is 3.97. The number of rotatable bonds is 3. The third kappa shape index (κ3) is 2.34. The van der Waals surface area contributed by atoms with Gasteiger partial charge in [-0.2, -0.15) is 0 Å². The van der Waals surface area contributed by atoms with Crippen molar-refractivity contribution in [2.45, 2.75) is 31.5 Å². The molecule has 0 unspecified atom stereocenters. The van der Waals surface area contributed by atoms with Crippen LogP contribution in [0.5, 0.6) is 0 Å². The molecule has 2 nitrogen and oxygen atoms in total. The summed E-state index contributed by atoms with van der Waals surface area (Å²) in [7, 11) is 0. The van der Waals surface area contributed by atoms with E-state index in [2.05, 4.69) is 24.3 Å². The SMILES string of the molecule is NC[C@@H]1CC[C@H](Cc2ccccc2)O1. The summed E-state index contributed by atoms with van der Waals surface area (Å²) in [5.41, 5.74) is 6.92. The van der Waals surface area contributed by atoms with E-state index < -0.39 is 0 Å². The summed E-state index contributed by atoms with van der Waals surface area (Å²) in [6.45, 7) is 0.658. The van der Waals surface area contributed by atoms with Crippen LogP contribution in [0.3, 0.4) is 0 Å². The molecule has 1 aliphatic rings. The normalized spacial score (nSPS) is 26.6. The second-order valence-corrected chi connectivity index (χ2v) is 3.88. The van der Waals surface area contributed by atoms with Crippen LogP contribution in [-0.4, -0.2) is 18.8 Å². The minimum atomic E-state index is 0.295. The van der Waals surface area contributed by atoms with E-state index in [1.54, 1.807) is 0 Å². The first-order valence-electron chi connectivity index (χ1n) is 5.28. The molecular formula is C12H17NO. The predicted octanol–water partition coefficient (Wildman–Crippen LogP) is 1.74. The fourth-order valence-corrected chi connectivity index (χ4v) is 1.98. The highest BCUT2D eigenvalue weighted by atomic mass is 16.5. The minimum absolute atomic E-state index is 0.295. The van der Waals surface area contributed by atoms with Gasteiger partial charge in [0.25, 0.3) is 0 Å². The molecule has 0 radical (unpaired) electrons. The Hall–Kier alpha value is -0.860. The molecule has 1 aliphatic heterocycles. The third-order valence-corrected chi connectivity index (χ3v) is 2.76. The Morgan fingerprint density at radius 1 is 1.14 bits per heavy atom. The van der Waals surface area contributed by atoms with Crippen LogP contribution in [0.2, 0.25) is 0 Å². The third-order valence-electron chi connectivity index (χ3n) is 2.76. The van der Waals surface area contributed by atoms with Crippen molar-refractivity contribution in [2.24, 2.45) is 5.73 Å². The van der Waals surface area contributed by atoms with Crippen molar-refractivity contribution in [3.63, 3.8) is 0 Å². The van der Waals surface area contributed by atoms with Crippen molar-refractivity contribution in [1.29, 1.82) is 0 Å². The van der Waals surface area contributed by atoms with Gasteiger partial charge in [-0.15, -0.1) is 0 Å². The molecule has 14 heavy (non-hydrogen) atoms. The van der Waals surface area contributed by atoms with E-state index in [1.165, 1.54) is 5.56 Å². The maximum atomic E-state index is 5.79. The Bertz CT molecular complexity index is 273. The number of hydrogen-bond acceptors (Lipinski definition) is 2. The van der Waals surface area contributed by atoms with Gasteiger partial charge in [0.15, 0.2) is 0 Å². The molecule has 1 fully saturated rings. The van der Waals surface area contributed by atoms with Crippen molar-refractivity contribution < 1.29 is 4.74 Å². The van der Waals surface area contributed by atoms with Gasteiger partial charge in [-0.3, -0.25) is 0 Å². The van der Waals surface area contributed by atoms with E-state index in [0.29, 0.717) is 18.8 Å². The molecule has 0 bridgehead atoms. The van der Waals surface area contributed by atoms with Crippen molar-refractivity contribution in [1.82, 2.24) is 0 Å². The van der Waals surface area contributed by atoms with Gasteiger partial charge in [-0.05, 0) is 24.8 Å². The lowest BCUT2D eigenvalue weighted by molar-refractivity contribution is 0.0507. The monoisotopic (exact) mass is 191 g/mol. The highest BCUT2D eigenvalue weighted by Crippen LogP contribution is 2.21. The van der Waals surface area contributed by atoms with Crippen LogP contribution in [0.15, 0.2) is 30.3 Å². The zero-order chi connectivity index (χ0) is 9.80. The molecule has 2 rings (SSSR count). The molecule has 2 N–H and O–H groups in total. The zero-order valence-corrected chi connectivity index (χ0v) is 8.36. The van der Waals surface area contributed by atoms with Gasteiger partial charge in [-0.25, -0.2) is 0 Å². The van der Waals surface area contributed by atoms with Crippen molar-refractivity contribution in [3.8, 4) is 0 Å². The summed E-state index contributed by atoms with van der Waals surface area (Å²) in [5.74, 6) is 0. The number of ether oxygens (including phenoxy) is 1. The second kappa shape index (κ2) is 4.58. The van der Waals surface area contributed by atoms with Crippen LogP contribution < -0.4 is 5.73 Å². The van der Waals surface area contributed by atoms with Crippen LogP contribution in [-0.2, 0) is 11.2 Å². The predicted molar refractivity (Wildman–Crippen MR) is 57.1 cm³/mol. The maximum Gasteiger partial charge on any atom is 0.0702 e. The van der Waals surface area contributed by atoms with Crippen LogP contribution in [0.4, 0.5) is 0 Å². The smallest absolute Gasteiger partial charge is 0.0702 e. The lowest BCUT2D eigenvalue weighted by Crippen LogP contribution is -2.21. The quantitative estimate of drug-likeness (QED) is 0.789.